The van der Waals surface area contributed by atoms with E-state index in [9.17, 15) is 0 Å². The molecule has 1 aliphatic rings. The van der Waals surface area contributed by atoms with Gasteiger partial charge in [-0.25, -0.2) is 15.0 Å². The van der Waals surface area contributed by atoms with Gasteiger partial charge in [-0.15, -0.1) is 15.0 Å². The molecule has 0 radical (unpaired) electrons. The molecule has 33 heavy (non-hydrogen) atoms. The van der Waals surface area contributed by atoms with Gasteiger partial charge in [-0.2, -0.15) is 0 Å². The Morgan fingerprint density at radius 3 is 2.42 bits per heavy atom. The minimum atomic E-state index is 0.565. The standard InChI is InChI=1S/C25H31N7O/c1-6-15-31(16-7-2)22-14-13-20(17(4)26-22)28-24-23(30-32-25(24)27-18(5)29-32)19-11-9-10-12-21(19)33-8-3/h9-14H,6-8,15-16H2,1-5H3/b28-24-. The Kier molecular flexibility index (Phi) is 6.82. The molecule has 4 rings (SSSR count). The van der Waals surface area contributed by atoms with E-state index < -0.39 is 0 Å². The van der Waals surface area contributed by atoms with E-state index in [0.29, 0.717) is 29.7 Å². The van der Waals surface area contributed by atoms with E-state index in [4.69, 9.17) is 19.8 Å². The van der Waals surface area contributed by atoms with Crippen molar-refractivity contribution < 1.29 is 4.74 Å². The smallest absolute Gasteiger partial charge is 0.204 e. The third kappa shape index (κ3) is 4.65. The van der Waals surface area contributed by atoms with E-state index in [-0.39, 0.29) is 0 Å². The van der Waals surface area contributed by atoms with Gasteiger partial charge in [0.25, 0.3) is 0 Å². The fourth-order valence-corrected chi connectivity index (χ4v) is 3.93. The van der Waals surface area contributed by atoms with Crippen LogP contribution in [-0.2, 0) is 0 Å². The average Bonchev–Trinajstić information content (AvgIpc) is 3.32. The zero-order valence-electron chi connectivity index (χ0n) is 20.0. The number of ether oxygens (including phenoxy) is 1. The highest BCUT2D eigenvalue weighted by Gasteiger charge is 2.30. The summed E-state index contributed by atoms with van der Waals surface area (Å²) in [6.07, 6.45) is 2.16. The van der Waals surface area contributed by atoms with Crippen molar-refractivity contribution in [3.05, 3.63) is 59.3 Å². The molecule has 0 saturated carbocycles. The molecule has 0 fully saturated rings. The van der Waals surface area contributed by atoms with E-state index in [1.165, 1.54) is 0 Å². The number of aliphatic imine (C=N–C) groups is 1. The number of rotatable bonds is 9. The van der Waals surface area contributed by atoms with Gasteiger partial charge in [0.05, 0.1) is 18.0 Å². The lowest BCUT2D eigenvalue weighted by Gasteiger charge is -2.23. The second kappa shape index (κ2) is 9.94. The van der Waals surface area contributed by atoms with Gasteiger partial charge < -0.3 is 9.64 Å². The van der Waals surface area contributed by atoms with Crippen LogP contribution in [0, 0.1) is 13.8 Å². The minimum Gasteiger partial charge on any atom is -0.493 e. The van der Waals surface area contributed by atoms with Gasteiger partial charge in [0.15, 0.2) is 5.82 Å². The molecule has 0 unspecified atom stereocenters. The molecule has 0 aliphatic carbocycles. The topological polar surface area (TPSA) is 80.8 Å². The molecular formula is C25H31N7O. The van der Waals surface area contributed by atoms with Crippen LogP contribution >= 0.6 is 0 Å². The number of hydrogen-bond donors (Lipinski definition) is 0. The van der Waals surface area contributed by atoms with Crippen molar-refractivity contribution in [2.45, 2.75) is 47.5 Å². The summed E-state index contributed by atoms with van der Waals surface area (Å²) in [7, 11) is 0. The molecule has 0 spiro atoms. The average molecular weight is 446 g/mol. The van der Waals surface area contributed by atoms with Crippen LogP contribution in [0.2, 0.25) is 0 Å². The first-order chi connectivity index (χ1) is 16.0. The highest BCUT2D eigenvalue weighted by molar-refractivity contribution is 6.54. The van der Waals surface area contributed by atoms with Gasteiger partial charge in [-0.05, 0) is 57.9 Å². The molecule has 1 aromatic carbocycles. The largest absolute Gasteiger partial charge is 0.493 e. The monoisotopic (exact) mass is 445 g/mol. The number of benzene rings is 1. The Bertz CT molecular complexity index is 1190. The quantitative estimate of drug-likeness (QED) is 0.477. The number of para-hydroxylation sites is 1. The van der Waals surface area contributed by atoms with Crippen LogP contribution in [-0.4, -0.2) is 51.0 Å². The molecule has 1 aliphatic heterocycles. The summed E-state index contributed by atoms with van der Waals surface area (Å²) in [5, 5.41) is 9.12. The zero-order chi connectivity index (χ0) is 23.4. The first-order valence-electron chi connectivity index (χ1n) is 11.6. The van der Waals surface area contributed by atoms with E-state index in [2.05, 4.69) is 28.8 Å². The third-order valence-corrected chi connectivity index (χ3v) is 5.36. The number of pyridine rings is 1. The van der Waals surface area contributed by atoms with Crippen LogP contribution in [0.25, 0.3) is 0 Å². The Morgan fingerprint density at radius 1 is 0.970 bits per heavy atom. The lowest BCUT2D eigenvalue weighted by molar-refractivity contribution is 0.339. The van der Waals surface area contributed by atoms with Crippen LogP contribution in [0.1, 0.15) is 56.5 Å². The van der Waals surface area contributed by atoms with Crippen molar-refractivity contribution in [3.63, 3.8) is 0 Å². The summed E-state index contributed by atoms with van der Waals surface area (Å²) in [6, 6.07) is 11.9. The lowest BCUT2D eigenvalue weighted by atomic mass is 10.0. The third-order valence-electron chi connectivity index (χ3n) is 5.36. The molecule has 2 aromatic heterocycles. The summed E-state index contributed by atoms with van der Waals surface area (Å²) in [5.74, 6) is 3.02. The highest BCUT2D eigenvalue weighted by atomic mass is 16.5. The molecule has 0 saturated heterocycles. The zero-order valence-corrected chi connectivity index (χ0v) is 20.0. The molecular weight excluding hydrogens is 414 g/mol. The van der Waals surface area contributed by atoms with Crippen molar-refractivity contribution in [2.24, 2.45) is 10.1 Å². The predicted octanol–water partition coefficient (Wildman–Crippen LogP) is 4.70. The molecule has 0 N–H and O–H groups in total. The maximum absolute atomic E-state index is 5.86. The number of fused-ring (bicyclic) bond motifs is 1. The Balaban J connectivity index is 1.77. The fraction of sp³-hybridized carbons (Fsp3) is 0.400. The number of anilines is 1. The summed E-state index contributed by atoms with van der Waals surface area (Å²) < 4.78 is 5.86. The van der Waals surface area contributed by atoms with Gasteiger partial charge in [0.1, 0.15) is 23.0 Å². The molecule has 172 valence electrons. The van der Waals surface area contributed by atoms with E-state index in [1.54, 1.807) is 4.79 Å². The molecule has 3 aromatic rings. The van der Waals surface area contributed by atoms with Gasteiger partial charge in [0.2, 0.25) is 5.82 Å². The molecule has 8 heteroatoms. The Morgan fingerprint density at radius 2 is 1.73 bits per heavy atom. The maximum Gasteiger partial charge on any atom is 0.204 e. The van der Waals surface area contributed by atoms with Gasteiger partial charge in [-0.3, -0.25) is 0 Å². The number of aromatic nitrogens is 4. The van der Waals surface area contributed by atoms with Gasteiger partial charge in [0, 0.05) is 18.7 Å². The van der Waals surface area contributed by atoms with Crippen molar-refractivity contribution in [1.29, 1.82) is 0 Å². The number of aryl methyl sites for hydroxylation is 2. The van der Waals surface area contributed by atoms with Crippen LogP contribution < -0.4 is 9.64 Å². The number of nitrogens with zero attached hydrogens (tertiary/aromatic N) is 7. The minimum absolute atomic E-state index is 0.565. The first-order valence-corrected chi connectivity index (χ1v) is 11.6. The van der Waals surface area contributed by atoms with Crippen molar-refractivity contribution >= 4 is 22.9 Å². The van der Waals surface area contributed by atoms with E-state index in [1.807, 2.05) is 57.2 Å². The summed E-state index contributed by atoms with van der Waals surface area (Å²) in [5.41, 5.74) is 3.87. The van der Waals surface area contributed by atoms with Crippen molar-refractivity contribution in [2.75, 3.05) is 24.6 Å². The molecule has 3 heterocycles. The van der Waals surface area contributed by atoms with Gasteiger partial charge in [-0.1, -0.05) is 26.0 Å². The van der Waals surface area contributed by atoms with Crippen LogP contribution in [0.5, 0.6) is 5.75 Å². The predicted molar refractivity (Wildman–Crippen MR) is 132 cm³/mol. The lowest BCUT2D eigenvalue weighted by Crippen LogP contribution is -2.25. The summed E-state index contributed by atoms with van der Waals surface area (Å²) in [6.45, 7) is 12.7. The Labute approximate surface area is 195 Å². The Hall–Kier alpha value is -3.55. The molecule has 0 atom stereocenters. The van der Waals surface area contributed by atoms with E-state index >= 15 is 0 Å². The second-order valence-electron chi connectivity index (χ2n) is 7.97. The van der Waals surface area contributed by atoms with Crippen LogP contribution in [0.15, 0.2) is 46.5 Å². The molecule has 0 amide bonds. The summed E-state index contributed by atoms with van der Waals surface area (Å²) >= 11 is 0. The summed E-state index contributed by atoms with van der Waals surface area (Å²) in [4.78, 5) is 18.3. The first kappa shape index (κ1) is 22.6. The SMILES string of the molecule is CCCN(CCC)c1ccc(/N=C2/C(c3ccccc3OCC)=Nn3nc(C)nc32)c(C)n1. The molecule has 8 nitrogen and oxygen atoms in total. The maximum atomic E-state index is 5.86. The second-order valence-corrected chi connectivity index (χ2v) is 7.97. The number of hydrogen-bond acceptors (Lipinski definition) is 7. The van der Waals surface area contributed by atoms with Crippen molar-refractivity contribution in [3.8, 4) is 5.75 Å². The van der Waals surface area contributed by atoms with Crippen LogP contribution in [0.3, 0.4) is 0 Å². The molecule has 0 bridgehead atoms. The fourth-order valence-electron chi connectivity index (χ4n) is 3.93. The highest BCUT2D eigenvalue weighted by Crippen LogP contribution is 2.28. The normalized spacial score (nSPS) is 13.8. The van der Waals surface area contributed by atoms with Crippen molar-refractivity contribution in [1.82, 2.24) is 19.9 Å². The van der Waals surface area contributed by atoms with Gasteiger partial charge >= 0.3 is 0 Å². The van der Waals surface area contributed by atoms with E-state index in [0.717, 1.165) is 54.4 Å². The van der Waals surface area contributed by atoms with Crippen LogP contribution in [0.4, 0.5) is 11.5 Å².